The summed E-state index contributed by atoms with van der Waals surface area (Å²) in [4.78, 5) is 22.6. The quantitative estimate of drug-likeness (QED) is 0.835. The Balaban J connectivity index is 2.64. The van der Waals surface area contributed by atoms with E-state index in [4.69, 9.17) is 0 Å². The molecule has 7 heteroatoms. The van der Waals surface area contributed by atoms with E-state index < -0.39 is 12.0 Å². The predicted molar refractivity (Wildman–Crippen MR) is 64.4 cm³/mol. The van der Waals surface area contributed by atoms with Crippen LogP contribution in [0, 0.1) is 6.92 Å². The number of amides is 1. The molecule has 0 saturated heterocycles. The number of nitrogens with zero attached hydrogens (tertiary/aromatic N) is 2. The monoisotopic (exact) mass is 303 g/mol. The zero-order chi connectivity index (χ0) is 13.0. The molecule has 0 radical (unpaired) electrons. The van der Waals surface area contributed by atoms with Crippen molar-refractivity contribution in [3.05, 3.63) is 16.4 Å². The minimum Gasteiger partial charge on any atom is -0.468 e. The van der Waals surface area contributed by atoms with Crippen molar-refractivity contribution < 1.29 is 14.3 Å². The molecule has 17 heavy (non-hydrogen) atoms. The first-order chi connectivity index (χ1) is 7.97. The van der Waals surface area contributed by atoms with E-state index in [2.05, 4.69) is 31.1 Å². The van der Waals surface area contributed by atoms with Crippen LogP contribution in [0.3, 0.4) is 0 Å². The summed E-state index contributed by atoms with van der Waals surface area (Å²) in [6.07, 6.45) is 1.62. The summed E-state index contributed by atoms with van der Waals surface area (Å²) >= 11 is 3.32. The van der Waals surface area contributed by atoms with Crippen molar-refractivity contribution in [2.45, 2.75) is 19.9 Å². The van der Waals surface area contributed by atoms with Crippen LogP contribution >= 0.6 is 15.9 Å². The fraction of sp³-hybridized carbons (Fsp3) is 0.500. The first-order valence-electron chi connectivity index (χ1n) is 5.01. The molecule has 6 nitrogen and oxygen atoms in total. The Kier molecular flexibility index (Phi) is 4.68. The highest BCUT2D eigenvalue weighted by atomic mass is 79.9. The van der Waals surface area contributed by atoms with Crippen LogP contribution in [-0.4, -0.2) is 35.3 Å². The zero-order valence-electron chi connectivity index (χ0n) is 9.86. The van der Waals surface area contributed by atoms with Gasteiger partial charge in [0.2, 0.25) is 5.91 Å². The van der Waals surface area contributed by atoms with E-state index in [1.165, 1.54) is 7.11 Å². The summed E-state index contributed by atoms with van der Waals surface area (Å²) in [6, 6.07) is -0.481. The second-order valence-corrected chi connectivity index (χ2v) is 4.35. The number of ether oxygens (including phenoxy) is 1. The Morgan fingerprint density at radius 3 is 2.76 bits per heavy atom. The molecule has 0 aliphatic heterocycles. The lowest BCUT2D eigenvalue weighted by molar-refractivity contribution is -0.141. The number of rotatable bonds is 4. The summed E-state index contributed by atoms with van der Waals surface area (Å²) in [5.41, 5.74) is 0.853. The maximum Gasteiger partial charge on any atom is 0.325 e. The number of carbonyl (C=O) groups excluding carboxylic acids is 2. The van der Waals surface area contributed by atoms with Gasteiger partial charge in [0.1, 0.15) is 12.6 Å². The van der Waals surface area contributed by atoms with Gasteiger partial charge in [-0.1, -0.05) is 0 Å². The fourth-order valence-electron chi connectivity index (χ4n) is 1.28. The van der Waals surface area contributed by atoms with Gasteiger partial charge < -0.3 is 10.1 Å². The van der Waals surface area contributed by atoms with Crippen LogP contribution in [0.5, 0.6) is 0 Å². The van der Waals surface area contributed by atoms with E-state index in [0.29, 0.717) is 0 Å². The van der Waals surface area contributed by atoms with Gasteiger partial charge in [-0.15, -0.1) is 0 Å². The molecule has 0 aliphatic carbocycles. The van der Waals surface area contributed by atoms with Crippen molar-refractivity contribution in [2.24, 2.45) is 0 Å². The van der Waals surface area contributed by atoms with Crippen LogP contribution in [0.15, 0.2) is 10.7 Å². The van der Waals surface area contributed by atoms with Gasteiger partial charge in [0.15, 0.2) is 0 Å². The molecule has 0 bridgehead atoms. The predicted octanol–water partition coefficient (Wildman–Crippen LogP) is 0.804. The van der Waals surface area contributed by atoms with Gasteiger partial charge in [0.05, 0.1) is 23.5 Å². The fourth-order valence-corrected chi connectivity index (χ4v) is 1.56. The second kappa shape index (κ2) is 5.81. The zero-order valence-corrected chi connectivity index (χ0v) is 11.4. The minimum absolute atomic E-state index is 0.138. The van der Waals surface area contributed by atoms with Crippen molar-refractivity contribution in [3.63, 3.8) is 0 Å². The van der Waals surface area contributed by atoms with Gasteiger partial charge in [-0.2, -0.15) is 5.10 Å². The third-order valence-corrected chi connectivity index (χ3v) is 3.14. The standard InChI is InChI=1S/C10H14BrN3O3/c1-6-8(11)4-13-14(6)7(2)10(16)12-5-9(15)17-3/h4,7H,5H2,1-3H3,(H,12,16)/t7-/m1/s1. The highest BCUT2D eigenvalue weighted by molar-refractivity contribution is 9.10. The maximum atomic E-state index is 11.7. The van der Waals surface area contributed by atoms with Gasteiger partial charge in [-0.3, -0.25) is 14.3 Å². The van der Waals surface area contributed by atoms with E-state index in [9.17, 15) is 9.59 Å². The van der Waals surface area contributed by atoms with Gasteiger partial charge in [0, 0.05) is 0 Å². The molecule has 0 fully saturated rings. The molecule has 0 unspecified atom stereocenters. The molecule has 1 heterocycles. The molecule has 0 spiro atoms. The van der Waals surface area contributed by atoms with E-state index in [-0.39, 0.29) is 12.5 Å². The third-order valence-electron chi connectivity index (χ3n) is 2.37. The topological polar surface area (TPSA) is 73.2 Å². The summed E-state index contributed by atoms with van der Waals surface area (Å²) < 4.78 is 6.85. The number of hydrogen-bond acceptors (Lipinski definition) is 4. The maximum absolute atomic E-state index is 11.7. The average molecular weight is 304 g/mol. The minimum atomic E-state index is -0.482. The molecule has 1 aromatic rings. The number of nitrogens with one attached hydrogen (secondary N) is 1. The van der Waals surface area contributed by atoms with Crippen LogP contribution in [-0.2, 0) is 14.3 Å². The SMILES string of the molecule is COC(=O)CNC(=O)[C@@H](C)n1ncc(Br)c1C. The summed E-state index contributed by atoms with van der Waals surface area (Å²) in [6.45, 7) is 3.42. The van der Waals surface area contributed by atoms with Crippen LogP contribution in [0.1, 0.15) is 18.7 Å². The van der Waals surface area contributed by atoms with E-state index in [1.54, 1.807) is 17.8 Å². The average Bonchev–Trinajstić information content (AvgIpc) is 2.65. The summed E-state index contributed by atoms with van der Waals surface area (Å²) in [5, 5.41) is 6.55. The molecule has 0 saturated carbocycles. The smallest absolute Gasteiger partial charge is 0.325 e. The third kappa shape index (κ3) is 3.29. The number of hydrogen-bond donors (Lipinski definition) is 1. The van der Waals surface area contributed by atoms with E-state index in [0.717, 1.165) is 10.2 Å². The number of halogens is 1. The van der Waals surface area contributed by atoms with Crippen molar-refractivity contribution >= 4 is 27.8 Å². The first kappa shape index (κ1) is 13.7. The second-order valence-electron chi connectivity index (χ2n) is 3.49. The van der Waals surface area contributed by atoms with Crippen LogP contribution in [0.4, 0.5) is 0 Å². The van der Waals surface area contributed by atoms with Gasteiger partial charge >= 0.3 is 5.97 Å². The molecule has 0 aliphatic rings. The normalized spacial score (nSPS) is 12.0. The van der Waals surface area contributed by atoms with Crippen molar-refractivity contribution in [3.8, 4) is 0 Å². The Hall–Kier alpha value is -1.37. The lowest BCUT2D eigenvalue weighted by atomic mass is 10.3. The molecule has 1 atom stereocenters. The number of methoxy groups -OCH3 is 1. The van der Waals surface area contributed by atoms with E-state index in [1.807, 2.05) is 6.92 Å². The Morgan fingerprint density at radius 1 is 1.65 bits per heavy atom. The molecule has 1 aromatic heterocycles. The number of aromatic nitrogens is 2. The van der Waals surface area contributed by atoms with Crippen LogP contribution < -0.4 is 5.32 Å². The Labute approximate surface area is 107 Å². The van der Waals surface area contributed by atoms with Crippen molar-refractivity contribution in [1.82, 2.24) is 15.1 Å². The van der Waals surface area contributed by atoms with Gasteiger partial charge in [-0.05, 0) is 29.8 Å². The first-order valence-corrected chi connectivity index (χ1v) is 5.80. The van der Waals surface area contributed by atoms with Crippen LogP contribution in [0.2, 0.25) is 0 Å². The molecular weight excluding hydrogens is 290 g/mol. The van der Waals surface area contributed by atoms with Gasteiger partial charge in [0.25, 0.3) is 0 Å². The lowest BCUT2D eigenvalue weighted by Crippen LogP contribution is -2.35. The molecule has 1 amide bonds. The Morgan fingerprint density at radius 2 is 2.29 bits per heavy atom. The molecule has 1 rings (SSSR count). The lowest BCUT2D eigenvalue weighted by Gasteiger charge is -2.13. The van der Waals surface area contributed by atoms with Gasteiger partial charge in [-0.25, -0.2) is 0 Å². The van der Waals surface area contributed by atoms with E-state index >= 15 is 0 Å². The van der Waals surface area contributed by atoms with Crippen molar-refractivity contribution in [1.29, 1.82) is 0 Å². The molecule has 94 valence electrons. The number of carbonyl (C=O) groups is 2. The Bertz CT molecular complexity index is 430. The highest BCUT2D eigenvalue weighted by Gasteiger charge is 2.18. The summed E-state index contributed by atoms with van der Waals surface area (Å²) in [7, 11) is 1.27. The number of esters is 1. The molecule has 1 N–H and O–H groups in total. The summed E-state index contributed by atoms with van der Waals surface area (Å²) in [5.74, 6) is -0.766. The molecule has 0 aromatic carbocycles. The molecular formula is C10H14BrN3O3. The highest BCUT2D eigenvalue weighted by Crippen LogP contribution is 2.18. The largest absolute Gasteiger partial charge is 0.468 e. The van der Waals surface area contributed by atoms with Crippen LogP contribution in [0.25, 0.3) is 0 Å². The van der Waals surface area contributed by atoms with Crippen molar-refractivity contribution in [2.75, 3.05) is 13.7 Å².